The number of carbonyl (C=O) groups is 1. The lowest BCUT2D eigenvalue weighted by molar-refractivity contribution is -0.384. The van der Waals surface area contributed by atoms with Crippen molar-refractivity contribution in [2.45, 2.75) is 20.1 Å². The Labute approximate surface area is 164 Å². The number of nitro benzene ring substituents is 1. The maximum atomic E-state index is 11.8. The number of carbonyl (C=O) groups excluding carboxylic acids is 1. The second-order valence-electron chi connectivity index (χ2n) is 5.94. The van der Waals surface area contributed by atoms with Crippen LogP contribution in [0.5, 0.6) is 5.75 Å². The average Bonchev–Trinajstić information content (AvgIpc) is 3.15. The molecule has 2 heterocycles. The number of nitrogens with two attached hydrogens (primary N) is 1. The van der Waals surface area contributed by atoms with Crippen LogP contribution in [0.1, 0.15) is 17.1 Å². The molecule has 3 aromatic rings. The van der Waals surface area contributed by atoms with Gasteiger partial charge >= 0.3 is 5.97 Å². The maximum absolute atomic E-state index is 11.8. The predicted octanol–water partition coefficient (Wildman–Crippen LogP) is 1.04. The number of ether oxygens (including phenoxy) is 2. The van der Waals surface area contributed by atoms with E-state index in [0.717, 1.165) is 0 Å². The topological polar surface area (TPSA) is 161 Å². The minimum Gasteiger partial charge on any atom is -0.482 e. The van der Waals surface area contributed by atoms with Crippen molar-refractivity contribution in [2.75, 3.05) is 12.3 Å². The third kappa shape index (κ3) is 5.45. The predicted molar refractivity (Wildman–Crippen MR) is 98.7 cm³/mol. The van der Waals surface area contributed by atoms with E-state index in [1.165, 1.54) is 28.9 Å². The molecular formula is C17H17N7O5. The van der Waals surface area contributed by atoms with E-state index in [1.54, 1.807) is 19.3 Å². The van der Waals surface area contributed by atoms with Crippen LogP contribution in [-0.2, 0) is 22.7 Å². The molecule has 0 aliphatic heterocycles. The Hall–Kier alpha value is -4.09. The molecule has 29 heavy (non-hydrogen) atoms. The first-order valence-electron chi connectivity index (χ1n) is 8.40. The molecule has 1 aromatic carbocycles. The number of aryl methyl sites for hydroxylation is 1. The maximum Gasteiger partial charge on any atom is 0.344 e. The first-order valence-corrected chi connectivity index (χ1v) is 8.40. The molecular weight excluding hydrogens is 382 g/mol. The molecule has 0 bridgehead atoms. The van der Waals surface area contributed by atoms with Crippen LogP contribution in [0.15, 0.2) is 36.7 Å². The summed E-state index contributed by atoms with van der Waals surface area (Å²) in [4.78, 5) is 30.0. The Balaban J connectivity index is 1.46. The van der Waals surface area contributed by atoms with Gasteiger partial charge in [0.05, 0.1) is 17.7 Å². The summed E-state index contributed by atoms with van der Waals surface area (Å²) in [5.41, 5.74) is 6.92. The van der Waals surface area contributed by atoms with Gasteiger partial charge in [-0.1, -0.05) is 5.21 Å². The molecule has 0 aliphatic carbocycles. The van der Waals surface area contributed by atoms with E-state index in [0.29, 0.717) is 35.2 Å². The molecule has 0 atom stereocenters. The number of nitrogens with zero attached hydrogens (tertiary/aromatic N) is 6. The molecule has 12 nitrogen and oxygen atoms in total. The number of aromatic nitrogens is 5. The van der Waals surface area contributed by atoms with E-state index < -0.39 is 10.9 Å². The first kappa shape index (κ1) is 19.7. The Bertz CT molecular complexity index is 1020. The molecule has 2 aromatic heterocycles. The van der Waals surface area contributed by atoms with Crippen molar-refractivity contribution < 1.29 is 19.2 Å². The van der Waals surface area contributed by atoms with E-state index >= 15 is 0 Å². The fourth-order valence-corrected chi connectivity index (χ4v) is 2.29. The number of hydrogen-bond acceptors (Lipinski definition) is 10. The van der Waals surface area contributed by atoms with Crippen molar-refractivity contribution in [1.29, 1.82) is 0 Å². The van der Waals surface area contributed by atoms with Crippen LogP contribution in [0.25, 0.3) is 0 Å². The summed E-state index contributed by atoms with van der Waals surface area (Å²) in [5, 5.41) is 18.5. The van der Waals surface area contributed by atoms with Gasteiger partial charge in [-0.25, -0.2) is 19.4 Å². The fraction of sp³-hybridized carbons (Fsp3) is 0.235. The zero-order chi connectivity index (χ0) is 20.8. The van der Waals surface area contributed by atoms with Gasteiger partial charge in [-0.15, -0.1) is 5.10 Å². The summed E-state index contributed by atoms with van der Waals surface area (Å²) >= 11 is 0. The van der Waals surface area contributed by atoms with E-state index in [9.17, 15) is 14.9 Å². The van der Waals surface area contributed by atoms with Gasteiger partial charge in [-0.3, -0.25) is 10.1 Å². The Morgan fingerprint density at radius 3 is 2.76 bits per heavy atom. The summed E-state index contributed by atoms with van der Waals surface area (Å²) in [6, 6.07) is 5.37. The van der Waals surface area contributed by atoms with Crippen molar-refractivity contribution in [3.63, 3.8) is 0 Å². The number of rotatable bonds is 8. The van der Waals surface area contributed by atoms with Crippen molar-refractivity contribution in [2.24, 2.45) is 0 Å². The standard InChI is InChI=1S/C17H17N7O5/c1-11-19-6-12(17(18)20-11)7-23-8-13(21-22-23)9-29-16(25)10-28-15-4-2-14(3-5-15)24(26)27/h2-6,8H,7,9-10H2,1H3,(H2,18,19,20). The van der Waals surface area contributed by atoms with Crippen LogP contribution >= 0.6 is 0 Å². The number of hydrogen-bond donors (Lipinski definition) is 1. The van der Waals surface area contributed by atoms with Crippen LogP contribution in [0.4, 0.5) is 11.5 Å². The van der Waals surface area contributed by atoms with Gasteiger partial charge in [0.2, 0.25) is 0 Å². The Morgan fingerprint density at radius 1 is 1.31 bits per heavy atom. The SMILES string of the molecule is Cc1ncc(Cn2cc(COC(=O)COc3ccc([N+](=O)[O-])cc3)nn2)c(N)n1. The van der Waals surface area contributed by atoms with Crippen LogP contribution in [0, 0.1) is 17.0 Å². The van der Waals surface area contributed by atoms with Crippen LogP contribution in [-0.4, -0.2) is 42.5 Å². The van der Waals surface area contributed by atoms with Crippen LogP contribution < -0.4 is 10.5 Å². The van der Waals surface area contributed by atoms with Crippen molar-refractivity contribution in [3.05, 3.63) is 63.9 Å². The highest BCUT2D eigenvalue weighted by Gasteiger charge is 2.10. The van der Waals surface area contributed by atoms with E-state index in [-0.39, 0.29) is 18.9 Å². The molecule has 2 N–H and O–H groups in total. The van der Waals surface area contributed by atoms with Gasteiger partial charge in [-0.2, -0.15) is 0 Å². The van der Waals surface area contributed by atoms with E-state index in [4.69, 9.17) is 15.2 Å². The summed E-state index contributed by atoms with van der Waals surface area (Å²) in [6.45, 7) is 1.65. The van der Waals surface area contributed by atoms with Crippen LogP contribution in [0.2, 0.25) is 0 Å². The van der Waals surface area contributed by atoms with E-state index in [1.807, 2.05) is 0 Å². The smallest absolute Gasteiger partial charge is 0.344 e. The van der Waals surface area contributed by atoms with Gasteiger partial charge < -0.3 is 15.2 Å². The number of benzene rings is 1. The number of nitro groups is 1. The highest BCUT2D eigenvalue weighted by molar-refractivity contribution is 5.71. The molecule has 150 valence electrons. The lowest BCUT2D eigenvalue weighted by Crippen LogP contribution is -2.14. The molecule has 0 fully saturated rings. The highest BCUT2D eigenvalue weighted by Crippen LogP contribution is 2.17. The summed E-state index contributed by atoms with van der Waals surface area (Å²) in [5.74, 6) is 0.642. The zero-order valence-corrected chi connectivity index (χ0v) is 15.4. The quantitative estimate of drug-likeness (QED) is 0.329. The van der Waals surface area contributed by atoms with Gasteiger partial charge in [-0.05, 0) is 19.1 Å². The number of nitrogen functional groups attached to an aromatic ring is 1. The Morgan fingerprint density at radius 2 is 2.07 bits per heavy atom. The van der Waals surface area contributed by atoms with Gasteiger partial charge in [0.1, 0.15) is 29.7 Å². The van der Waals surface area contributed by atoms with Crippen molar-refractivity contribution in [3.8, 4) is 5.75 Å². The minimum absolute atomic E-state index is 0.0676. The molecule has 12 heteroatoms. The van der Waals surface area contributed by atoms with E-state index in [2.05, 4.69) is 20.3 Å². The molecule has 0 amide bonds. The summed E-state index contributed by atoms with van der Waals surface area (Å²) < 4.78 is 11.8. The molecule has 0 saturated heterocycles. The molecule has 3 rings (SSSR count). The molecule has 0 spiro atoms. The number of non-ortho nitro benzene ring substituents is 1. The number of esters is 1. The summed E-state index contributed by atoms with van der Waals surface area (Å²) in [6.07, 6.45) is 3.23. The normalized spacial score (nSPS) is 10.5. The molecule has 0 unspecified atom stereocenters. The largest absolute Gasteiger partial charge is 0.482 e. The summed E-state index contributed by atoms with van der Waals surface area (Å²) in [7, 11) is 0. The second-order valence-corrected chi connectivity index (χ2v) is 5.94. The highest BCUT2D eigenvalue weighted by atomic mass is 16.6. The molecule has 0 aliphatic rings. The monoisotopic (exact) mass is 399 g/mol. The zero-order valence-electron chi connectivity index (χ0n) is 15.4. The first-order chi connectivity index (χ1) is 13.9. The minimum atomic E-state index is -0.617. The molecule has 0 radical (unpaired) electrons. The Kier molecular flexibility index (Phi) is 5.92. The second kappa shape index (κ2) is 8.73. The third-order valence-electron chi connectivity index (χ3n) is 3.72. The van der Waals surface area contributed by atoms with Crippen molar-refractivity contribution >= 4 is 17.5 Å². The fourth-order valence-electron chi connectivity index (χ4n) is 2.29. The van der Waals surface area contributed by atoms with Gasteiger partial charge in [0.25, 0.3) is 5.69 Å². The lowest BCUT2D eigenvalue weighted by Gasteiger charge is -2.06. The molecule has 0 saturated carbocycles. The lowest BCUT2D eigenvalue weighted by atomic mass is 10.3. The third-order valence-corrected chi connectivity index (χ3v) is 3.72. The average molecular weight is 399 g/mol. The van der Waals surface area contributed by atoms with Gasteiger partial charge in [0, 0.05) is 23.9 Å². The van der Waals surface area contributed by atoms with Crippen molar-refractivity contribution in [1.82, 2.24) is 25.0 Å². The number of anilines is 1. The van der Waals surface area contributed by atoms with Gasteiger partial charge in [0.15, 0.2) is 6.61 Å². The van der Waals surface area contributed by atoms with Crippen LogP contribution in [0.3, 0.4) is 0 Å².